The van der Waals surface area contributed by atoms with Crippen molar-refractivity contribution in [1.82, 2.24) is 0 Å². The van der Waals surface area contributed by atoms with Gasteiger partial charge in [-0.05, 0) is 30.4 Å². The predicted octanol–water partition coefficient (Wildman–Crippen LogP) is 3.32. The summed E-state index contributed by atoms with van der Waals surface area (Å²) in [6.45, 7) is 4.09. The van der Waals surface area contributed by atoms with Crippen molar-refractivity contribution in [2.45, 2.75) is 38.9 Å². The van der Waals surface area contributed by atoms with E-state index in [-0.39, 0.29) is 12.0 Å². The molecule has 0 radical (unpaired) electrons. The SMILES string of the molecule is CCC1OC1C(C)Cc1cccc(F)c1F. The number of epoxide rings is 1. The third kappa shape index (κ3) is 2.24. The fourth-order valence-corrected chi connectivity index (χ4v) is 2.15. The molecule has 0 saturated carbocycles. The topological polar surface area (TPSA) is 12.5 Å². The van der Waals surface area contributed by atoms with Crippen LogP contribution in [0.15, 0.2) is 18.2 Å². The van der Waals surface area contributed by atoms with Crippen LogP contribution < -0.4 is 0 Å². The molecule has 0 aromatic heterocycles. The lowest BCUT2D eigenvalue weighted by molar-refractivity contribution is 0.320. The van der Waals surface area contributed by atoms with E-state index in [1.807, 2.05) is 6.92 Å². The van der Waals surface area contributed by atoms with Crippen LogP contribution in [0.3, 0.4) is 0 Å². The smallest absolute Gasteiger partial charge is 0.162 e. The first kappa shape index (κ1) is 11.5. The van der Waals surface area contributed by atoms with Crippen molar-refractivity contribution < 1.29 is 13.5 Å². The Morgan fingerprint density at radius 3 is 2.75 bits per heavy atom. The second kappa shape index (κ2) is 4.50. The van der Waals surface area contributed by atoms with E-state index in [0.29, 0.717) is 18.1 Å². The maximum Gasteiger partial charge on any atom is 0.162 e. The molecule has 1 aromatic rings. The van der Waals surface area contributed by atoms with Crippen LogP contribution in [0.5, 0.6) is 0 Å². The highest BCUT2D eigenvalue weighted by atomic mass is 19.2. The third-order valence-electron chi connectivity index (χ3n) is 3.16. The molecule has 1 saturated heterocycles. The predicted molar refractivity (Wildman–Crippen MR) is 58.2 cm³/mol. The Bertz CT molecular complexity index is 378. The van der Waals surface area contributed by atoms with Crippen LogP contribution in [-0.2, 0) is 11.2 Å². The van der Waals surface area contributed by atoms with Gasteiger partial charge < -0.3 is 4.74 Å². The number of halogens is 2. The van der Waals surface area contributed by atoms with E-state index in [2.05, 4.69) is 6.92 Å². The molecule has 1 heterocycles. The van der Waals surface area contributed by atoms with Gasteiger partial charge in [0.05, 0.1) is 12.2 Å². The van der Waals surface area contributed by atoms with Crippen molar-refractivity contribution in [1.29, 1.82) is 0 Å². The molecule has 88 valence electrons. The summed E-state index contributed by atoms with van der Waals surface area (Å²) in [4.78, 5) is 0. The van der Waals surface area contributed by atoms with Crippen LogP contribution in [0.1, 0.15) is 25.8 Å². The third-order valence-corrected chi connectivity index (χ3v) is 3.16. The zero-order valence-corrected chi connectivity index (χ0v) is 9.54. The van der Waals surface area contributed by atoms with Gasteiger partial charge in [0, 0.05) is 0 Å². The fourth-order valence-electron chi connectivity index (χ4n) is 2.15. The molecule has 0 bridgehead atoms. The van der Waals surface area contributed by atoms with Crippen molar-refractivity contribution in [3.63, 3.8) is 0 Å². The highest BCUT2D eigenvalue weighted by molar-refractivity contribution is 5.20. The summed E-state index contributed by atoms with van der Waals surface area (Å²) < 4.78 is 31.8. The van der Waals surface area contributed by atoms with E-state index < -0.39 is 11.6 Å². The van der Waals surface area contributed by atoms with Gasteiger partial charge in [0.2, 0.25) is 0 Å². The van der Waals surface area contributed by atoms with Gasteiger partial charge in [-0.15, -0.1) is 0 Å². The minimum absolute atomic E-state index is 0.215. The van der Waals surface area contributed by atoms with Crippen molar-refractivity contribution in [3.8, 4) is 0 Å². The average Bonchev–Trinajstić information content (AvgIpc) is 3.04. The van der Waals surface area contributed by atoms with Crippen molar-refractivity contribution in [2.75, 3.05) is 0 Å². The Labute approximate surface area is 94.4 Å². The van der Waals surface area contributed by atoms with E-state index in [1.54, 1.807) is 12.1 Å². The molecular formula is C13H16F2O. The first-order chi connectivity index (χ1) is 7.63. The highest BCUT2D eigenvalue weighted by Gasteiger charge is 2.41. The van der Waals surface area contributed by atoms with Crippen LogP contribution in [0.25, 0.3) is 0 Å². The molecule has 1 fully saturated rings. The standard InChI is InChI=1S/C13H16F2O/c1-3-11-13(16-11)8(2)7-9-5-4-6-10(14)12(9)15/h4-6,8,11,13H,3,7H2,1-2H3. The second-order valence-electron chi connectivity index (χ2n) is 4.44. The first-order valence-electron chi connectivity index (χ1n) is 5.71. The number of hydrogen-bond acceptors (Lipinski definition) is 1. The molecule has 0 amide bonds. The monoisotopic (exact) mass is 226 g/mol. The number of hydrogen-bond donors (Lipinski definition) is 0. The number of rotatable bonds is 4. The maximum absolute atomic E-state index is 13.4. The van der Waals surface area contributed by atoms with E-state index in [9.17, 15) is 8.78 Å². The summed E-state index contributed by atoms with van der Waals surface area (Å²) in [5.74, 6) is -1.25. The summed E-state index contributed by atoms with van der Waals surface area (Å²) >= 11 is 0. The maximum atomic E-state index is 13.4. The summed E-state index contributed by atoms with van der Waals surface area (Å²) in [5.41, 5.74) is 0.442. The van der Waals surface area contributed by atoms with Gasteiger partial charge in [0.1, 0.15) is 0 Å². The summed E-state index contributed by atoms with van der Waals surface area (Å²) in [6.07, 6.45) is 2.05. The lowest BCUT2D eigenvalue weighted by Gasteiger charge is -2.09. The normalized spacial score (nSPS) is 25.5. The van der Waals surface area contributed by atoms with Crippen molar-refractivity contribution >= 4 is 0 Å². The van der Waals surface area contributed by atoms with Crippen LogP contribution >= 0.6 is 0 Å². The second-order valence-corrected chi connectivity index (χ2v) is 4.44. The molecule has 0 spiro atoms. The van der Waals surface area contributed by atoms with Gasteiger partial charge in [0.15, 0.2) is 11.6 Å². The molecule has 0 aliphatic carbocycles. The molecule has 1 aliphatic rings. The van der Waals surface area contributed by atoms with Crippen LogP contribution in [-0.4, -0.2) is 12.2 Å². The lowest BCUT2D eigenvalue weighted by Crippen LogP contribution is -2.11. The molecule has 2 rings (SSSR count). The number of benzene rings is 1. The summed E-state index contributed by atoms with van der Waals surface area (Å²) in [5, 5.41) is 0. The minimum atomic E-state index is -0.770. The minimum Gasteiger partial charge on any atom is -0.369 e. The zero-order chi connectivity index (χ0) is 11.7. The van der Waals surface area contributed by atoms with E-state index in [4.69, 9.17) is 4.74 Å². The first-order valence-corrected chi connectivity index (χ1v) is 5.71. The van der Waals surface area contributed by atoms with E-state index in [1.165, 1.54) is 0 Å². The zero-order valence-electron chi connectivity index (χ0n) is 9.54. The van der Waals surface area contributed by atoms with Gasteiger partial charge in [-0.3, -0.25) is 0 Å². The Balaban J connectivity index is 2.01. The van der Waals surface area contributed by atoms with Crippen molar-refractivity contribution in [2.24, 2.45) is 5.92 Å². The van der Waals surface area contributed by atoms with Gasteiger partial charge in [0.25, 0.3) is 0 Å². The van der Waals surface area contributed by atoms with Gasteiger partial charge in [-0.1, -0.05) is 26.0 Å². The van der Waals surface area contributed by atoms with Gasteiger partial charge in [-0.2, -0.15) is 0 Å². The van der Waals surface area contributed by atoms with Gasteiger partial charge in [-0.25, -0.2) is 8.78 Å². The van der Waals surface area contributed by atoms with Crippen LogP contribution in [0.2, 0.25) is 0 Å². The lowest BCUT2D eigenvalue weighted by atomic mass is 9.95. The highest BCUT2D eigenvalue weighted by Crippen LogP contribution is 2.33. The largest absolute Gasteiger partial charge is 0.369 e. The van der Waals surface area contributed by atoms with Gasteiger partial charge >= 0.3 is 0 Å². The Morgan fingerprint density at radius 1 is 1.38 bits per heavy atom. The summed E-state index contributed by atoms with van der Waals surface area (Å²) in [7, 11) is 0. The van der Waals surface area contributed by atoms with Crippen LogP contribution in [0.4, 0.5) is 8.78 Å². The molecule has 1 aromatic carbocycles. The Kier molecular flexibility index (Phi) is 3.24. The Morgan fingerprint density at radius 2 is 2.12 bits per heavy atom. The van der Waals surface area contributed by atoms with E-state index >= 15 is 0 Å². The quantitative estimate of drug-likeness (QED) is 0.717. The fraction of sp³-hybridized carbons (Fsp3) is 0.538. The van der Waals surface area contributed by atoms with E-state index in [0.717, 1.165) is 12.5 Å². The molecule has 3 atom stereocenters. The van der Waals surface area contributed by atoms with Crippen molar-refractivity contribution in [3.05, 3.63) is 35.4 Å². The molecule has 1 nitrogen and oxygen atoms in total. The molecule has 1 aliphatic heterocycles. The molecule has 0 N–H and O–H groups in total. The molecule has 3 heteroatoms. The summed E-state index contributed by atoms with van der Waals surface area (Å²) in [6, 6.07) is 4.33. The van der Waals surface area contributed by atoms with Crippen LogP contribution in [0, 0.1) is 17.6 Å². The Hall–Kier alpha value is -0.960. The molecular weight excluding hydrogens is 210 g/mol. The number of ether oxygens (including phenoxy) is 1. The average molecular weight is 226 g/mol. The molecule has 3 unspecified atom stereocenters. The molecule has 16 heavy (non-hydrogen) atoms.